The summed E-state index contributed by atoms with van der Waals surface area (Å²) in [7, 11) is 0. The molecule has 1 aromatic heterocycles. The highest BCUT2D eigenvalue weighted by Gasteiger charge is 2.06. The van der Waals surface area contributed by atoms with E-state index in [2.05, 4.69) is 52.2 Å². The summed E-state index contributed by atoms with van der Waals surface area (Å²) < 4.78 is 0.877. The number of nitrogens with two attached hydrogens (primary N) is 1. The van der Waals surface area contributed by atoms with Gasteiger partial charge in [-0.3, -0.25) is 0 Å². The number of halogens is 1. The molecule has 0 bridgehead atoms. The van der Waals surface area contributed by atoms with Gasteiger partial charge < -0.3 is 11.1 Å². The highest BCUT2D eigenvalue weighted by Crippen LogP contribution is 2.27. The van der Waals surface area contributed by atoms with E-state index in [1.807, 2.05) is 12.1 Å². The number of nitrogen functional groups attached to an aromatic ring is 1. The third-order valence-corrected chi connectivity index (χ3v) is 3.04. The van der Waals surface area contributed by atoms with Gasteiger partial charge in [0.15, 0.2) is 5.82 Å². The number of aryl methyl sites for hydroxylation is 2. The van der Waals surface area contributed by atoms with Gasteiger partial charge in [0.2, 0.25) is 0 Å². The normalized spacial score (nSPS) is 10.3. The van der Waals surface area contributed by atoms with E-state index in [4.69, 9.17) is 5.73 Å². The zero-order valence-electron chi connectivity index (χ0n) is 9.79. The van der Waals surface area contributed by atoms with Crippen LogP contribution in [0.3, 0.4) is 0 Å². The largest absolute Gasteiger partial charge is 0.396 e. The van der Waals surface area contributed by atoms with Crippen molar-refractivity contribution in [1.29, 1.82) is 0 Å². The van der Waals surface area contributed by atoms with E-state index < -0.39 is 0 Å². The molecule has 0 spiro atoms. The molecule has 1 heterocycles. The summed E-state index contributed by atoms with van der Waals surface area (Å²) >= 11 is 3.34. The molecule has 0 aliphatic heterocycles. The Hall–Kier alpha value is -1.55. The maximum atomic E-state index is 5.91. The average molecular weight is 292 g/mol. The minimum absolute atomic E-state index is 0.627. The number of nitrogens with zero attached hydrogens (tertiary/aromatic N) is 1. The van der Waals surface area contributed by atoms with Crippen molar-refractivity contribution in [3.63, 3.8) is 0 Å². The lowest BCUT2D eigenvalue weighted by molar-refractivity contribution is 1.27. The Balaban J connectivity index is 2.38. The number of aromatic nitrogens is 1. The molecule has 0 unspecified atom stereocenters. The molecule has 1 aromatic carbocycles. The number of pyridine rings is 1. The summed E-state index contributed by atoms with van der Waals surface area (Å²) in [6, 6.07) is 7.99. The van der Waals surface area contributed by atoms with Gasteiger partial charge in [0.05, 0.1) is 5.69 Å². The van der Waals surface area contributed by atoms with Gasteiger partial charge in [0.25, 0.3) is 0 Å². The summed E-state index contributed by atoms with van der Waals surface area (Å²) in [6.45, 7) is 4.12. The minimum Gasteiger partial charge on any atom is -0.396 e. The van der Waals surface area contributed by atoms with Crippen LogP contribution in [0.25, 0.3) is 0 Å². The van der Waals surface area contributed by atoms with Crippen LogP contribution in [0.4, 0.5) is 17.2 Å². The number of nitrogens with one attached hydrogen (secondary N) is 1. The Bertz CT molecular complexity index is 532. The molecule has 3 nitrogen and oxygen atoms in total. The highest BCUT2D eigenvalue weighted by atomic mass is 79.9. The molecule has 4 heteroatoms. The first kappa shape index (κ1) is 11.9. The molecule has 88 valence electrons. The van der Waals surface area contributed by atoms with Crippen LogP contribution in [-0.2, 0) is 0 Å². The first-order chi connectivity index (χ1) is 8.08. The summed E-state index contributed by atoms with van der Waals surface area (Å²) in [5.74, 6) is 0.686. The molecule has 0 aliphatic carbocycles. The molecular formula is C13H14BrN3. The molecule has 0 aliphatic rings. The number of anilines is 3. The van der Waals surface area contributed by atoms with E-state index in [0.29, 0.717) is 11.5 Å². The Morgan fingerprint density at radius 3 is 2.47 bits per heavy atom. The Labute approximate surface area is 109 Å². The molecule has 2 rings (SSSR count). The predicted molar refractivity (Wildman–Crippen MR) is 75.5 cm³/mol. The lowest BCUT2D eigenvalue weighted by Gasteiger charge is -2.13. The molecule has 0 atom stereocenters. The standard InChI is InChI=1S/C13H14BrN3/c1-8-4-3-5-9(2)12(8)17-13-11(15)6-10(14)7-16-13/h3-7H,15H2,1-2H3,(H,16,17). The molecule has 2 aromatic rings. The van der Waals surface area contributed by atoms with Gasteiger partial charge in [-0.1, -0.05) is 18.2 Å². The summed E-state index contributed by atoms with van der Waals surface area (Å²) in [6.07, 6.45) is 1.73. The van der Waals surface area contributed by atoms with Crippen LogP contribution in [0.15, 0.2) is 34.9 Å². The fourth-order valence-corrected chi connectivity index (χ4v) is 2.04. The van der Waals surface area contributed by atoms with E-state index in [0.717, 1.165) is 10.2 Å². The molecule has 0 amide bonds. The first-order valence-corrected chi connectivity index (χ1v) is 6.11. The molecule has 0 saturated carbocycles. The van der Waals surface area contributed by atoms with Crippen LogP contribution < -0.4 is 11.1 Å². The number of para-hydroxylation sites is 1. The van der Waals surface area contributed by atoms with Gasteiger partial charge in [-0.15, -0.1) is 0 Å². The maximum Gasteiger partial charge on any atom is 0.153 e. The van der Waals surface area contributed by atoms with E-state index in [1.54, 1.807) is 6.20 Å². The van der Waals surface area contributed by atoms with E-state index in [9.17, 15) is 0 Å². The van der Waals surface area contributed by atoms with Crippen LogP contribution in [0.5, 0.6) is 0 Å². The van der Waals surface area contributed by atoms with Crippen LogP contribution in [0.2, 0.25) is 0 Å². The van der Waals surface area contributed by atoms with Crippen molar-refractivity contribution in [2.24, 2.45) is 0 Å². The van der Waals surface area contributed by atoms with Crippen molar-refractivity contribution < 1.29 is 0 Å². The summed E-state index contributed by atoms with van der Waals surface area (Å²) in [5.41, 5.74) is 9.96. The molecule has 0 fully saturated rings. The number of hydrogen-bond acceptors (Lipinski definition) is 3. The third-order valence-electron chi connectivity index (χ3n) is 2.61. The van der Waals surface area contributed by atoms with E-state index in [-0.39, 0.29) is 0 Å². The average Bonchev–Trinajstić information content (AvgIpc) is 2.26. The van der Waals surface area contributed by atoms with E-state index >= 15 is 0 Å². The lowest BCUT2D eigenvalue weighted by atomic mass is 10.1. The van der Waals surface area contributed by atoms with Gasteiger partial charge >= 0.3 is 0 Å². The van der Waals surface area contributed by atoms with Crippen LogP contribution in [-0.4, -0.2) is 4.98 Å². The highest BCUT2D eigenvalue weighted by molar-refractivity contribution is 9.10. The van der Waals surface area contributed by atoms with E-state index in [1.165, 1.54) is 11.1 Å². The van der Waals surface area contributed by atoms with Gasteiger partial charge in [-0.2, -0.15) is 0 Å². The molecular weight excluding hydrogens is 278 g/mol. The molecule has 3 N–H and O–H groups in total. The fourth-order valence-electron chi connectivity index (χ4n) is 1.69. The number of benzene rings is 1. The van der Waals surface area contributed by atoms with Crippen molar-refractivity contribution in [2.45, 2.75) is 13.8 Å². The lowest BCUT2D eigenvalue weighted by Crippen LogP contribution is -2.01. The van der Waals surface area contributed by atoms with Crippen LogP contribution >= 0.6 is 15.9 Å². The number of hydrogen-bond donors (Lipinski definition) is 2. The van der Waals surface area contributed by atoms with Gasteiger partial charge in [0.1, 0.15) is 0 Å². The first-order valence-electron chi connectivity index (χ1n) is 5.32. The van der Waals surface area contributed by atoms with Crippen molar-refractivity contribution in [2.75, 3.05) is 11.1 Å². The molecule has 0 saturated heterocycles. The predicted octanol–water partition coefficient (Wildman–Crippen LogP) is 3.79. The summed E-state index contributed by atoms with van der Waals surface area (Å²) in [4.78, 5) is 4.27. The second-order valence-corrected chi connectivity index (χ2v) is 4.90. The Morgan fingerprint density at radius 2 is 1.88 bits per heavy atom. The van der Waals surface area contributed by atoms with Crippen LogP contribution in [0.1, 0.15) is 11.1 Å². The van der Waals surface area contributed by atoms with Crippen molar-refractivity contribution in [1.82, 2.24) is 4.98 Å². The Kier molecular flexibility index (Phi) is 3.33. The van der Waals surface area contributed by atoms with Gasteiger partial charge in [0, 0.05) is 16.4 Å². The topological polar surface area (TPSA) is 50.9 Å². The molecule has 0 radical (unpaired) electrons. The second kappa shape index (κ2) is 4.75. The van der Waals surface area contributed by atoms with Crippen molar-refractivity contribution in [3.8, 4) is 0 Å². The van der Waals surface area contributed by atoms with Crippen LogP contribution in [0, 0.1) is 13.8 Å². The zero-order valence-corrected chi connectivity index (χ0v) is 11.4. The van der Waals surface area contributed by atoms with Gasteiger partial charge in [-0.25, -0.2) is 4.98 Å². The molecule has 17 heavy (non-hydrogen) atoms. The monoisotopic (exact) mass is 291 g/mol. The zero-order chi connectivity index (χ0) is 12.4. The third kappa shape index (κ3) is 2.58. The fraction of sp³-hybridized carbons (Fsp3) is 0.154. The SMILES string of the molecule is Cc1cccc(C)c1Nc1ncc(Br)cc1N. The smallest absolute Gasteiger partial charge is 0.153 e. The van der Waals surface area contributed by atoms with Gasteiger partial charge in [-0.05, 0) is 47.0 Å². The number of rotatable bonds is 2. The second-order valence-electron chi connectivity index (χ2n) is 3.98. The Morgan fingerprint density at radius 1 is 1.24 bits per heavy atom. The van der Waals surface area contributed by atoms with Crippen molar-refractivity contribution >= 4 is 33.1 Å². The van der Waals surface area contributed by atoms with Crippen molar-refractivity contribution in [3.05, 3.63) is 46.1 Å². The summed E-state index contributed by atoms with van der Waals surface area (Å²) in [5, 5.41) is 3.28. The maximum absolute atomic E-state index is 5.91. The minimum atomic E-state index is 0.627. The quantitative estimate of drug-likeness (QED) is 0.885.